The predicted octanol–water partition coefficient (Wildman–Crippen LogP) is 0.304. The van der Waals surface area contributed by atoms with Crippen LogP contribution in [0.15, 0.2) is 4.90 Å². The van der Waals surface area contributed by atoms with Gasteiger partial charge in [0.25, 0.3) is 6.47 Å². The van der Waals surface area contributed by atoms with E-state index in [-0.39, 0.29) is 19.7 Å². The number of rotatable bonds is 1. The molecule has 24 heavy (non-hydrogen) atoms. The van der Waals surface area contributed by atoms with Gasteiger partial charge in [-0.3, -0.25) is 9.35 Å². The van der Waals surface area contributed by atoms with Crippen LogP contribution in [0.4, 0.5) is 22.0 Å². The van der Waals surface area contributed by atoms with Crippen molar-refractivity contribution in [3.63, 3.8) is 0 Å². The van der Waals surface area contributed by atoms with E-state index in [4.69, 9.17) is 24.7 Å². The van der Waals surface area contributed by atoms with Crippen molar-refractivity contribution in [3.8, 4) is 11.8 Å². The minimum Gasteiger partial charge on any atom is -0.483 e. The van der Waals surface area contributed by atoms with E-state index in [1.807, 2.05) is 0 Å². The summed E-state index contributed by atoms with van der Waals surface area (Å²) < 4.78 is 91.3. The van der Waals surface area contributed by atoms with Crippen LogP contribution in [0.25, 0.3) is 0 Å². The Kier molecular flexibility index (Phi) is 11.3. The first-order valence-corrected chi connectivity index (χ1v) is 6.69. The van der Waals surface area contributed by atoms with Gasteiger partial charge in [-0.1, -0.05) is 11.8 Å². The normalized spacial score (nSPS) is 9.50. The largest absolute Gasteiger partial charge is 0.483 e. The third-order valence-electron chi connectivity index (χ3n) is 1.71. The second-order valence-corrected chi connectivity index (χ2v) is 4.51. The molecule has 0 unspecified atom stereocenters. The van der Waals surface area contributed by atoms with Crippen molar-refractivity contribution in [3.05, 3.63) is 29.1 Å². The Morgan fingerprint density at radius 2 is 1.08 bits per heavy atom. The Balaban J connectivity index is 0. The molecule has 0 amide bonds. The lowest BCUT2D eigenvalue weighted by Gasteiger charge is -2.04. The molecule has 0 radical (unpaired) electrons. The molecule has 0 atom stereocenters. The van der Waals surface area contributed by atoms with Crippen molar-refractivity contribution in [2.75, 3.05) is 13.2 Å². The van der Waals surface area contributed by atoms with Crippen molar-refractivity contribution in [1.29, 1.82) is 0 Å². The molecule has 0 aliphatic heterocycles. The molecular weight excluding hydrogens is 371 g/mol. The average molecular weight is 380 g/mol. The number of carboxylic acid groups (broad SMARTS) is 1. The summed E-state index contributed by atoms with van der Waals surface area (Å²) in [5, 5.41) is 22.7. The summed E-state index contributed by atoms with van der Waals surface area (Å²) in [7, 11) is -5.52. The molecule has 0 heterocycles. The van der Waals surface area contributed by atoms with Gasteiger partial charge >= 0.3 is 10.1 Å². The molecular formula is C11H9F5O7S. The van der Waals surface area contributed by atoms with Gasteiger partial charge in [-0.15, -0.1) is 0 Å². The first kappa shape index (κ1) is 24.0. The molecule has 7 nitrogen and oxygen atoms in total. The maximum Gasteiger partial charge on any atom is 0.300 e. The van der Waals surface area contributed by atoms with Crippen LogP contribution in [0.3, 0.4) is 0 Å². The number of benzene rings is 1. The number of aliphatic hydroxyl groups is 2. The molecule has 0 bridgehead atoms. The fourth-order valence-electron chi connectivity index (χ4n) is 0.923. The average Bonchev–Trinajstić information content (AvgIpc) is 2.49. The lowest BCUT2D eigenvalue weighted by molar-refractivity contribution is -0.122. The van der Waals surface area contributed by atoms with E-state index in [0.29, 0.717) is 0 Å². The molecule has 1 aromatic carbocycles. The standard InChI is InChI=1S/C6HF5O3S.C4H6O2.CH2O2/c7-1-2(8)4(10)6(15(12,13)14)5(11)3(1)9;5-3-1-2-4-6;2-1-3/h(H,12,13,14);5-6H,3-4H2;1H,(H,2,3). The van der Waals surface area contributed by atoms with Gasteiger partial charge in [-0.25, -0.2) is 22.0 Å². The van der Waals surface area contributed by atoms with Crippen molar-refractivity contribution in [2.45, 2.75) is 4.90 Å². The maximum absolute atomic E-state index is 12.6. The summed E-state index contributed by atoms with van der Waals surface area (Å²) >= 11 is 0. The number of hydrogen-bond donors (Lipinski definition) is 4. The molecule has 0 aliphatic rings. The summed E-state index contributed by atoms with van der Waals surface area (Å²) in [6.45, 7) is -0.582. The molecule has 1 rings (SSSR count). The zero-order valence-electron chi connectivity index (χ0n) is 11.3. The van der Waals surface area contributed by atoms with Gasteiger partial charge < -0.3 is 15.3 Å². The molecule has 136 valence electrons. The monoisotopic (exact) mass is 380 g/mol. The highest BCUT2D eigenvalue weighted by atomic mass is 32.2. The maximum atomic E-state index is 12.6. The zero-order valence-corrected chi connectivity index (χ0v) is 12.1. The summed E-state index contributed by atoms with van der Waals surface area (Å²) in [6.07, 6.45) is 0. The second kappa shape index (κ2) is 11.3. The van der Waals surface area contributed by atoms with Crippen LogP contribution in [0.1, 0.15) is 0 Å². The van der Waals surface area contributed by atoms with E-state index in [2.05, 4.69) is 11.8 Å². The van der Waals surface area contributed by atoms with Crippen molar-refractivity contribution in [1.82, 2.24) is 0 Å². The number of aliphatic hydroxyl groups excluding tert-OH is 2. The van der Waals surface area contributed by atoms with Crippen LogP contribution in [0, 0.1) is 40.9 Å². The van der Waals surface area contributed by atoms with E-state index in [0.717, 1.165) is 0 Å². The van der Waals surface area contributed by atoms with Crippen molar-refractivity contribution in [2.24, 2.45) is 0 Å². The Hall–Kier alpha value is -2.27. The fraction of sp³-hybridized carbons (Fsp3) is 0.182. The minimum absolute atomic E-state index is 0.166. The molecule has 1 aromatic rings. The van der Waals surface area contributed by atoms with Crippen LogP contribution in [0.2, 0.25) is 0 Å². The van der Waals surface area contributed by atoms with Crippen molar-refractivity contribution >= 4 is 16.6 Å². The lowest BCUT2D eigenvalue weighted by Crippen LogP contribution is -2.11. The lowest BCUT2D eigenvalue weighted by atomic mass is 10.3. The number of halogens is 5. The van der Waals surface area contributed by atoms with Gasteiger partial charge in [-0.2, -0.15) is 8.42 Å². The number of hydrogen-bond acceptors (Lipinski definition) is 5. The Labute approximate surface area is 131 Å². The highest BCUT2D eigenvalue weighted by Gasteiger charge is 2.32. The van der Waals surface area contributed by atoms with Gasteiger partial charge in [0.05, 0.1) is 0 Å². The topological polar surface area (TPSA) is 132 Å². The van der Waals surface area contributed by atoms with E-state index in [9.17, 15) is 30.4 Å². The van der Waals surface area contributed by atoms with Crippen LogP contribution >= 0.6 is 0 Å². The van der Waals surface area contributed by atoms with E-state index >= 15 is 0 Å². The molecule has 4 N–H and O–H groups in total. The molecule has 0 aliphatic carbocycles. The highest BCUT2D eigenvalue weighted by Crippen LogP contribution is 2.26. The highest BCUT2D eigenvalue weighted by molar-refractivity contribution is 7.85. The van der Waals surface area contributed by atoms with Crippen LogP contribution < -0.4 is 0 Å². The third kappa shape index (κ3) is 7.33. The van der Waals surface area contributed by atoms with Gasteiger partial charge in [0.15, 0.2) is 28.2 Å². The minimum atomic E-state index is -5.52. The zero-order chi connectivity index (χ0) is 19.5. The smallest absolute Gasteiger partial charge is 0.300 e. The molecule has 0 saturated carbocycles. The van der Waals surface area contributed by atoms with Gasteiger partial charge in [0, 0.05) is 0 Å². The molecule has 13 heteroatoms. The van der Waals surface area contributed by atoms with Crippen LogP contribution in [-0.2, 0) is 14.9 Å². The Bertz CT molecular complexity index is 687. The predicted molar refractivity (Wildman–Crippen MR) is 66.7 cm³/mol. The summed E-state index contributed by atoms with van der Waals surface area (Å²) in [5.74, 6) is -8.09. The molecule has 0 aromatic heterocycles. The quantitative estimate of drug-likeness (QED) is 0.138. The summed E-state index contributed by atoms with van der Waals surface area (Å²) in [4.78, 5) is 6.10. The Morgan fingerprint density at radius 1 is 0.833 bits per heavy atom. The van der Waals surface area contributed by atoms with Gasteiger partial charge in [0.1, 0.15) is 13.2 Å². The number of carbonyl (C=O) groups is 1. The van der Waals surface area contributed by atoms with E-state index in [1.165, 1.54) is 0 Å². The van der Waals surface area contributed by atoms with Crippen LogP contribution in [-0.4, -0.2) is 48.0 Å². The Morgan fingerprint density at radius 3 is 1.29 bits per heavy atom. The SMILES string of the molecule is O=CO.O=S(=O)(O)c1c(F)c(F)c(F)c(F)c1F.OCC#CCO. The molecule has 0 spiro atoms. The second-order valence-electron chi connectivity index (χ2n) is 3.15. The van der Waals surface area contributed by atoms with Crippen molar-refractivity contribution < 1.29 is 55.0 Å². The van der Waals surface area contributed by atoms with E-state index < -0.39 is 44.1 Å². The fourth-order valence-corrected chi connectivity index (χ4v) is 1.56. The summed E-state index contributed by atoms with van der Waals surface area (Å²) in [6, 6.07) is 0. The van der Waals surface area contributed by atoms with Crippen LogP contribution in [0.5, 0.6) is 0 Å². The molecule has 0 fully saturated rings. The van der Waals surface area contributed by atoms with Gasteiger partial charge in [0.2, 0.25) is 5.82 Å². The molecule has 0 saturated heterocycles. The summed E-state index contributed by atoms with van der Waals surface area (Å²) in [5.41, 5.74) is 0. The third-order valence-corrected chi connectivity index (χ3v) is 2.58. The van der Waals surface area contributed by atoms with Gasteiger partial charge in [-0.05, 0) is 0 Å². The first-order chi connectivity index (χ1) is 11.0. The van der Waals surface area contributed by atoms with E-state index in [1.54, 1.807) is 0 Å². The first-order valence-electron chi connectivity index (χ1n) is 5.25.